The molecular formula is C26H38N4O4. The van der Waals surface area contributed by atoms with Crippen LogP contribution in [0.2, 0.25) is 0 Å². The number of aromatic nitrogens is 2. The van der Waals surface area contributed by atoms with Crippen LogP contribution in [0.1, 0.15) is 74.6 Å². The number of likely N-dealkylation sites (tertiary alicyclic amines) is 2. The predicted octanol–water partition coefficient (Wildman–Crippen LogP) is 4.41. The van der Waals surface area contributed by atoms with Crippen LogP contribution in [0.4, 0.5) is 0 Å². The average Bonchev–Trinajstić information content (AvgIpc) is 3.46. The molecule has 2 aliphatic rings. The van der Waals surface area contributed by atoms with Gasteiger partial charge in [0.25, 0.3) is 0 Å². The van der Waals surface area contributed by atoms with Crippen molar-refractivity contribution >= 4 is 11.9 Å². The van der Waals surface area contributed by atoms with Crippen molar-refractivity contribution in [2.24, 2.45) is 0 Å². The van der Waals surface area contributed by atoms with Gasteiger partial charge in [-0.2, -0.15) is 0 Å². The Balaban J connectivity index is 0.000000182. The minimum Gasteiger partial charge on any atom is -0.481 e. The highest BCUT2D eigenvalue weighted by Crippen LogP contribution is 2.30. The second-order valence-electron chi connectivity index (χ2n) is 8.84. The van der Waals surface area contributed by atoms with Gasteiger partial charge in [0, 0.05) is 49.7 Å². The Kier molecular flexibility index (Phi) is 12.2. The summed E-state index contributed by atoms with van der Waals surface area (Å²) < 4.78 is 0. The average molecular weight is 471 g/mol. The van der Waals surface area contributed by atoms with E-state index >= 15 is 0 Å². The van der Waals surface area contributed by atoms with E-state index in [2.05, 4.69) is 46.0 Å². The van der Waals surface area contributed by atoms with Crippen molar-refractivity contribution in [3.8, 4) is 0 Å². The molecule has 2 aliphatic heterocycles. The van der Waals surface area contributed by atoms with Gasteiger partial charge in [0.2, 0.25) is 0 Å². The number of carbonyl (C=O) groups is 2. The lowest BCUT2D eigenvalue weighted by Crippen LogP contribution is -2.17. The Morgan fingerprint density at radius 3 is 1.50 bits per heavy atom. The number of rotatable bonds is 7. The molecule has 8 nitrogen and oxygen atoms in total. The lowest BCUT2D eigenvalue weighted by molar-refractivity contribution is -0.139. The number of unbranched alkanes of at least 4 members (excludes halogenated alkanes) is 1. The van der Waals surface area contributed by atoms with Gasteiger partial charge in [-0.15, -0.1) is 0 Å². The third-order valence-electron chi connectivity index (χ3n) is 6.21. The maximum absolute atomic E-state index is 9.90. The minimum absolute atomic E-state index is 0.0628. The van der Waals surface area contributed by atoms with Crippen molar-refractivity contribution in [3.05, 3.63) is 60.2 Å². The number of hydrogen-bond acceptors (Lipinski definition) is 6. The van der Waals surface area contributed by atoms with Crippen molar-refractivity contribution in [1.82, 2.24) is 19.8 Å². The summed E-state index contributed by atoms with van der Waals surface area (Å²) in [6.45, 7) is 2.44. The van der Waals surface area contributed by atoms with E-state index in [4.69, 9.17) is 10.2 Å². The zero-order chi connectivity index (χ0) is 24.8. The van der Waals surface area contributed by atoms with Crippen LogP contribution in [-0.4, -0.2) is 69.1 Å². The van der Waals surface area contributed by atoms with Gasteiger partial charge in [0.15, 0.2) is 0 Å². The molecule has 2 atom stereocenters. The molecule has 8 heteroatoms. The summed E-state index contributed by atoms with van der Waals surface area (Å²) in [5.41, 5.74) is 2.72. The third-order valence-corrected chi connectivity index (χ3v) is 6.21. The molecular weight excluding hydrogens is 432 g/mol. The van der Waals surface area contributed by atoms with Gasteiger partial charge in [-0.1, -0.05) is 12.1 Å². The van der Waals surface area contributed by atoms with Crippen LogP contribution in [-0.2, 0) is 9.59 Å². The molecule has 0 bridgehead atoms. The van der Waals surface area contributed by atoms with Crippen molar-refractivity contribution in [1.29, 1.82) is 0 Å². The SMILES string of the molecule is CN1CCCC1c1cccnc1.CN1CCCC1c1cccnc1.O=C(O)CCCCC(=O)O. The molecule has 0 aliphatic carbocycles. The molecule has 0 spiro atoms. The second-order valence-corrected chi connectivity index (χ2v) is 8.84. The minimum atomic E-state index is -0.870. The lowest BCUT2D eigenvalue weighted by atomic mass is 10.1. The van der Waals surface area contributed by atoms with Crippen LogP contribution in [0, 0.1) is 0 Å². The third kappa shape index (κ3) is 9.97. The van der Waals surface area contributed by atoms with Gasteiger partial charge in [0.1, 0.15) is 0 Å². The summed E-state index contributed by atoms with van der Waals surface area (Å²) in [5.74, 6) is -1.74. The van der Waals surface area contributed by atoms with Crippen LogP contribution < -0.4 is 0 Å². The number of pyridine rings is 2. The van der Waals surface area contributed by atoms with E-state index in [1.54, 1.807) is 0 Å². The highest BCUT2D eigenvalue weighted by atomic mass is 16.4. The summed E-state index contributed by atoms with van der Waals surface area (Å²) in [6.07, 6.45) is 13.8. The first kappa shape index (κ1) is 27.4. The van der Waals surface area contributed by atoms with E-state index < -0.39 is 11.9 Å². The van der Waals surface area contributed by atoms with Crippen LogP contribution >= 0.6 is 0 Å². The number of carboxylic acids is 2. The summed E-state index contributed by atoms with van der Waals surface area (Å²) in [5, 5.41) is 16.3. The Morgan fingerprint density at radius 1 is 0.824 bits per heavy atom. The quantitative estimate of drug-likeness (QED) is 0.573. The fourth-order valence-corrected chi connectivity index (χ4v) is 4.36. The molecule has 0 radical (unpaired) electrons. The van der Waals surface area contributed by atoms with Crippen LogP contribution in [0.5, 0.6) is 0 Å². The summed E-state index contributed by atoms with van der Waals surface area (Å²) in [7, 11) is 4.37. The standard InChI is InChI=1S/2C10H14N2.C6H10O4/c2*1-12-7-3-5-10(12)9-4-2-6-11-8-9;7-5(8)3-1-2-4-6(9)10/h2*2,4,6,8,10H,3,5,7H2,1H3;1-4H2,(H,7,8)(H,9,10). The summed E-state index contributed by atoms with van der Waals surface area (Å²) in [4.78, 5) is 32.9. The molecule has 2 aromatic rings. The number of carboxylic acid groups (broad SMARTS) is 2. The smallest absolute Gasteiger partial charge is 0.303 e. The van der Waals surface area contributed by atoms with Gasteiger partial charge >= 0.3 is 11.9 Å². The zero-order valence-electron chi connectivity index (χ0n) is 20.3. The molecule has 4 heterocycles. The van der Waals surface area contributed by atoms with Crippen LogP contribution in [0.25, 0.3) is 0 Å². The monoisotopic (exact) mass is 470 g/mol. The maximum atomic E-state index is 9.90. The normalized spacial score (nSPS) is 20.1. The highest BCUT2D eigenvalue weighted by Gasteiger charge is 2.22. The van der Waals surface area contributed by atoms with E-state index in [9.17, 15) is 9.59 Å². The molecule has 186 valence electrons. The fourth-order valence-electron chi connectivity index (χ4n) is 4.36. The van der Waals surface area contributed by atoms with Gasteiger partial charge < -0.3 is 10.2 Å². The Hall–Kier alpha value is -2.84. The van der Waals surface area contributed by atoms with Crippen molar-refractivity contribution < 1.29 is 19.8 Å². The van der Waals surface area contributed by atoms with Gasteiger partial charge in [-0.25, -0.2) is 0 Å². The van der Waals surface area contributed by atoms with E-state index in [1.807, 2.05) is 36.9 Å². The number of hydrogen-bond donors (Lipinski definition) is 2. The van der Waals surface area contributed by atoms with Gasteiger partial charge in [0.05, 0.1) is 0 Å². The molecule has 4 rings (SSSR count). The van der Waals surface area contributed by atoms with Crippen molar-refractivity contribution in [2.45, 2.75) is 63.5 Å². The Labute approximate surface area is 202 Å². The predicted molar refractivity (Wildman–Crippen MR) is 131 cm³/mol. The van der Waals surface area contributed by atoms with Crippen molar-refractivity contribution in [3.63, 3.8) is 0 Å². The highest BCUT2D eigenvalue weighted by molar-refractivity contribution is 5.67. The first-order valence-corrected chi connectivity index (χ1v) is 12.0. The molecule has 2 unspecified atom stereocenters. The van der Waals surface area contributed by atoms with Gasteiger partial charge in [-0.3, -0.25) is 29.4 Å². The largest absolute Gasteiger partial charge is 0.481 e. The molecule has 2 aromatic heterocycles. The maximum Gasteiger partial charge on any atom is 0.303 e. The lowest BCUT2D eigenvalue weighted by Gasteiger charge is -2.18. The molecule has 2 fully saturated rings. The molecule has 0 saturated carbocycles. The van der Waals surface area contributed by atoms with E-state index in [0.29, 0.717) is 24.9 Å². The Morgan fingerprint density at radius 2 is 1.24 bits per heavy atom. The zero-order valence-corrected chi connectivity index (χ0v) is 20.3. The van der Waals surface area contributed by atoms with Crippen LogP contribution in [0.3, 0.4) is 0 Å². The molecule has 0 amide bonds. The summed E-state index contributed by atoms with van der Waals surface area (Å²) in [6, 6.07) is 9.58. The van der Waals surface area contributed by atoms with Crippen LogP contribution in [0.15, 0.2) is 49.1 Å². The van der Waals surface area contributed by atoms with Crippen molar-refractivity contribution in [2.75, 3.05) is 27.2 Å². The van der Waals surface area contributed by atoms with Gasteiger partial charge in [-0.05, 0) is 89.0 Å². The first-order chi connectivity index (χ1) is 16.4. The van der Waals surface area contributed by atoms with E-state index in [1.165, 1.54) is 49.9 Å². The van der Waals surface area contributed by atoms with E-state index in [0.717, 1.165) is 0 Å². The number of aliphatic carboxylic acids is 2. The number of nitrogens with zero attached hydrogens (tertiary/aromatic N) is 4. The first-order valence-electron chi connectivity index (χ1n) is 12.0. The topological polar surface area (TPSA) is 107 Å². The van der Waals surface area contributed by atoms with E-state index in [-0.39, 0.29) is 12.8 Å². The molecule has 34 heavy (non-hydrogen) atoms. The second kappa shape index (κ2) is 15.1. The molecule has 2 N–H and O–H groups in total. The Bertz CT molecular complexity index is 779. The molecule has 0 aromatic carbocycles. The summed E-state index contributed by atoms with van der Waals surface area (Å²) >= 11 is 0. The molecule has 2 saturated heterocycles. The fraction of sp³-hybridized carbons (Fsp3) is 0.538.